The molecule has 6 heteroatoms. The quantitative estimate of drug-likeness (QED) is 0.776. The first-order valence-electron chi connectivity index (χ1n) is 8.51. The van der Waals surface area contributed by atoms with Crippen molar-refractivity contribution in [2.75, 3.05) is 45.8 Å². The van der Waals surface area contributed by atoms with Crippen LogP contribution in [0.15, 0.2) is 18.2 Å². The van der Waals surface area contributed by atoms with Crippen LogP contribution in [0.1, 0.15) is 29.8 Å². The van der Waals surface area contributed by atoms with E-state index in [4.69, 9.17) is 0 Å². The van der Waals surface area contributed by atoms with Gasteiger partial charge >= 0.3 is 6.03 Å². The van der Waals surface area contributed by atoms with Gasteiger partial charge in [-0.2, -0.15) is 0 Å². The molecule has 0 aromatic heterocycles. The van der Waals surface area contributed by atoms with Crippen molar-refractivity contribution >= 4 is 11.8 Å². The number of carbonyl (C=O) groups is 2. The third kappa shape index (κ3) is 4.32. The van der Waals surface area contributed by atoms with E-state index in [0.29, 0.717) is 56.9 Å². The van der Waals surface area contributed by atoms with Gasteiger partial charge in [0.2, 0.25) is 0 Å². The number of halogens is 1. The minimum absolute atomic E-state index is 0.0124. The number of aryl methyl sites for hydroxylation is 1. The fourth-order valence-corrected chi connectivity index (χ4v) is 2.90. The average Bonchev–Trinajstić information content (AvgIpc) is 2.59. The molecule has 1 saturated heterocycles. The smallest absolute Gasteiger partial charge is 0.320 e. The molecule has 2 amide bonds. The summed E-state index contributed by atoms with van der Waals surface area (Å²) in [6, 6.07) is 4.53. The van der Waals surface area contributed by atoms with Crippen molar-refractivity contribution in [3.05, 3.63) is 35.1 Å². The van der Waals surface area contributed by atoms with Crippen LogP contribution in [0, 0.1) is 12.7 Å². The van der Waals surface area contributed by atoms with E-state index in [0.717, 1.165) is 0 Å². The molecule has 1 fully saturated rings. The molecule has 0 aliphatic carbocycles. The van der Waals surface area contributed by atoms with Gasteiger partial charge < -0.3 is 9.80 Å². The summed E-state index contributed by atoms with van der Waals surface area (Å²) in [5.74, 6) is -0.309. The molecule has 0 saturated carbocycles. The average molecular weight is 335 g/mol. The normalized spacial score (nSPS) is 15.4. The fraction of sp³-hybridized carbons (Fsp3) is 0.556. The van der Waals surface area contributed by atoms with Crippen molar-refractivity contribution in [1.29, 1.82) is 0 Å². The van der Waals surface area contributed by atoms with E-state index in [1.165, 1.54) is 12.1 Å². The van der Waals surface area contributed by atoms with Gasteiger partial charge in [0.15, 0.2) is 5.78 Å². The highest BCUT2D eigenvalue weighted by Crippen LogP contribution is 2.12. The Balaban J connectivity index is 1.87. The number of hydrogen-bond donors (Lipinski definition) is 0. The summed E-state index contributed by atoms with van der Waals surface area (Å²) in [5.41, 5.74) is 1.02. The number of ketones is 1. The van der Waals surface area contributed by atoms with Crippen molar-refractivity contribution < 1.29 is 14.0 Å². The summed E-state index contributed by atoms with van der Waals surface area (Å²) >= 11 is 0. The third-order valence-electron chi connectivity index (χ3n) is 4.52. The van der Waals surface area contributed by atoms with Crippen molar-refractivity contribution in [2.24, 2.45) is 0 Å². The molecule has 0 radical (unpaired) electrons. The maximum Gasteiger partial charge on any atom is 0.320 e. The van der Waals surface area contributed by atoms with E-state index in [1.807, 2.05) is 28.5 Å². The van der Waals surface area contributed by atoms with E-state index in [-0.39, 0.29) is 17.6 Å². The van der Waals surface area contributed by atoms with Crippen LogP contribution in [0.2, 0.25) is 0 Å². The number of rotatable bonds is 5. The Labute approximate surface area is 143 Å². The van der Waals surface area contributed by atoms with Crippen molar-refractivity contribution in [3.63, 3.8) is 0 Å². The van der Waals surface area contributed by atoms with E-state index in [1.54, 1.807) is 13.0 Å². The number of nitrogens with zero attached hydrogens (tertiary/aromatic N) is 3. The van der Waals surface area contributed by atoms with Crippen LogP contribution in [-0.4, -0.2) is 72.3 Å². The Morgan fingerprint density at radius 2 is 1.75 bits per heavy atom. The largest absolute Gasteiger partial charge is 0.325 e. The predicted octanol–water partition coefficient (Wildman–Crippen LogP) is 2.40. The zero-order chi connectivity index (χ0) is 17.7. The van der Waals surface area contributed by atoms with Crippen molar-refractivity contribution in [2.45, 2.75) is 20.8 Å². The lowest BCUT2D eigenvalue weighted by Crippen LogP contribution is -2.53. The third-order valence-corrected chi connectivity index (χ3v) is 4.52. The Bertz CT molecular complexity index is 594. The molecule has 1 aromatic rings. The highest BCUT2D eigenvalue weighted by atomic mass is 19.1. The van der Waals surface area contributed by atoms with Gasteiger partial charge in [-0.1, -0.05) is 0 Å². The first kappa shape index (κ1) is 18.4. The number of urea groups is 1. The summed E-state index contributed by atoms with van der Waals surface area (Å²) in [7, 11) is 0. The molecule has 1 heterocycles. The van der Waals surface area contributed by atoms with Crippen LogP contribution in [-0.2, 0) is 0 Å². The van der Waals surface area contributed by atoms with Gasteiger partial charge in [-0.15, -0.1) is 0 Å². The topological polar surface area (TPSA) is 43.9 Å². The molecular formula is C18H26FN3O2. The van der Waals surface area contributed by atoms with Gasteiger partial charge in [-0.25, -0.2) is 9.18 Å². The lowest BCUT2D eigenvalue weighted by Gasteiger charge is -2.36. The molecule has 0 N–H and O–H groups in total. The lowest BCUT2D eigenvalue weighted by molar-refractivity contribution is 0.0853. The van der Waals surface area contributed by atoms with E-state index in [2.05, 4.69) is 0 Å². The highest BCUT2D eigenvalue weighted by molar-refractivity contribution is 5.97. The number of Topliss-reactive ketones (excluding diaryl/α,β-unsaturated/α-hetero) is 1. The predicted molar refractivity (Wildman–Crippen MR) is 91.8 cm³/mol. The lowest BCUT2D eigenvalue weighted by atomic mass is 10.1. The van der Waals surface area contributed by atoms with Gasteiger partial charge in [-0.05, 0) is 44.5 Å². The van der Waals surface area contributed by atoms with Crippen LogP contribution < -0.4 is 0 Å². The first-order valence-corrected chi connectivity index (χ1v) is 8.51. The second-order valence-corrected chi connectivity index (χ2v) is 6.11. The van der Waals surface area contributed by atoms with E-state index >= 15 is 0 Å². The fourth-order valence-electron chi connectivity index (χ4n) is 2.90. The van der Waals surface area contributed by atoms with Crippen molar-refractivity contribution in [3.8, 4) is 0 Å². The Morgan fingerprint density at radius 3 is 2.29 bits per heavy atom. The standard InChI is InChI=1S/C18H26FN3O2/c1-4-21(5-2)18(24)22-10-8-20(9-11-22)13-17(23)15-6-7-16(19)14(3)12-15/h6-7,12H,4-5,8-11,13H2,1-3H3. The minimum atomic E-state index is -0.296. The van der Waals surface area contributed by atoms with Crippen molar-refractivity contribution in [1.82, 2.24) is 14.7 Å². The zero-order valence-electron chi connectivity index (χ0n) is 14.7. The SMILES string of the molecule is CCN(CC)C(=O)N1CCN(CC(=O)c2ccc(F)c(C)c2)CC1. The summed E-state index contributed by atoms with van der Waals surface area (Å²) in [6.07, 6.45) is 0. The van der Waals surface area contributed by atoms with Crippen LogP contribution in [0.4, 0.5) is 9.18 Å². The first-order chi connectivity index (χ1) is 11.5. The number of amides is 2. The molecule has 5 nitrogen and oxygen atoms in total. The van der Waals surface area contributed by atoms with E-state index in [9.17, 15) is 14.0 Å². The summed E-state index contributed by atoms with van der Waals surface area (Å²) in [6.45, 7) is 9.94. The highest BCUT2D eigenvalue weighted by Gasteiger charge is 2.25. The molecule has 1 aliphatic heterocycles. The molecular weight excluding hydrogens is 309 g/mol. The zero-order valence-corrected chi connectivity index (χ0v) is 14.7. The molecule has 1 aliphatic rings. The van der Waals surface area contributed by atoms with Gasteiger partial charge in [0.1, 0.15) is 5.82 Å². The summed E-state index contributed by atoms with van der Waals surface area (Å²) in [4.78, 5) is 30.4. The van der Waals surface area contributed by atoms with Crippen LogP contribution in [0.25, 0.3) is 0 Å². The maximum absolute atomic E-state index is 13.3. The van der Waals surface area contributed by atoms with Gasteiger partial charge in [0.05, 0.1) is 6.54 Å². The maximum atomic E-state index is 13.3. The van der Waals surface area contributed by atoms with Crippen LogP contribution in [0.5, 0.6) is 0 Å². The molecule has 0 atom stereocenters. The molecule has 24 heavy (non-hydrogen) atoms. The van der Waals surface area contributed by atoms with Crippen LogP contribution in [0.3, 0.4) is 0 Å². The molecule has 1 aromatic carbocycles. The Morgan fingerprint density at radius 1 is 1.12 bits per heavy atom. The monoisotopic (exact) mass is 335 g/mol. The van der Waals surface area contributed by atoms with Gasteiger partial charge in [0, 0.05) is 44.8 Å². The number of benzene rings is 1. The number of hydrogen-bond acceptors (Lipinski definition) is 3. The molecule has 2 rings (SSSR count). The molecule has 132 valence electrons. The molecule has 0 spiro atoms. The number of carbonyl (C=O) groups excluding carboxylic acids is 2. The Hall–Kier alpha value is -1.95. The second-order valence-electron chi connectivity index (χ2n) is 6.11. The second kappa shape index (κ2) is 8.24. The van der Waals surface area contributed by atoms with E-state index < -0.39 is 0 Å². The Kier molecular flexibility index (Phi) is 6.31. The minimum Gasteiger partial charge on any atom is -0.325 e. The summed E-state index contributed by atoms with van der Waals surface area (Å²) in [5, 5.41) is 0. The molecule has 0 unspecified atom stereocenters. The summed E-state index contributed by atoms with van der Waals surface area (Å²) < 4.78 is 13.3. The number of piperazine rings is 1. The van der Waals surface area contributed by atoms with Gasteiger partial charge in [0.25, 0.3) is 0 Å². The van der Waals surface area contributed by atoms with Crippen LogP contribution >= 0.6 is 0 Å². The van der Waals surface area contributed by atoms with Gasteiger partial charge in [-0.3, -0.25) is 9.69 Å². The molecule has 0 bridgehead atoms.